The minimum Gasteiger partial charge on any atom is -0.307 e. The standard InChI is InChI=1S/C31H19N3/c1-2-10-20(11-3-1)33-27-16-8-6-13-22(27)24-19-18-23-21-12-4-5-14-25(21)31-32-26-15-7-9-17-28(26)34(31)30(23)29(24)33/h1-19H. The van der Waals surface area contributed by atoms with Gasteiger partial charge in [0.2, 0.25) is 0 Å². The Morgan fingerprint density at radius 2 is 1.06 bits per heavy atom. The molecule has 3 nitrogen and oxygen atoms in total. The summed E-state index contributed by atoms with van der Waals surface area (Å²) in [5, 5.41) is 6.15. The van der Waals surface area contributed by atoms with Gasteiger partial charge in [0, 0.05) is 27.2 Å². The molecule has 0 aliphatic heterocycles. The van der Waals surface area contributed by atoms with Gasteiger partial charge in [0.05, 0.1) is 27.6 Å². The smallest absolute Gasteiger partial charge is 0.146 e. The van der Waals surface area contributed by atoms with E-state index in [1.54, 1.807) is 0 Å². The van der Waals surface area contributed by atoms with E-state index in [0.717, 1.165) is 22.4 Å². The first-order valence-corrected chi connectivity index (χ1v) is 11.6. The van der Waals surface area contributed by atoms with Crippen LogP contribution in [-0.4, -0.2) is 14.0 Å². The van der Waals surface area contributed by atoms with Gasteiger partial charge in [-0.05, 0) is 35.7 Å². The molecular formula is C31H19N3. The molecule has 3 aromatic heterocycles. The molecule has 0 bridgehead atoms. The van der Waals surface area contributed by atoms with Crippen LogP contribution in [0.15, 0.2) is 115 Å². The van der Waals surface area contributed by atoms with Crippen LogP contribution in [0.25, 0.3) is 65.8 Å². The van der Waals surface area contributed by atoms with Gasteiger partial charge in [-0.25, -0.2) is 4.98 Å². The first kappa shape index (κ1) is 17.9. The highest BCUT2D eigenvalue weighted by Gasteiger charge is 2.20. The number of pyridine rings is 1. The monoisotopic (exact) mass is 433 g/mol. The summed E-state index contributed by atoms with van der Waals surface area (Å²) in [6.07, 6.45) is 0. The number of imidazole rings is 1. The van der Waals surface area contributed by atoms with Crippen molar-refractivity contribution in [3.8, 4) is 5.69 Å². The molecule has 8 aromatic rings. The van der Waals surface area contributed by atoms with Crippen molar-refractivity contribution in [3.63, 3.8) is 0 Å². The highest BCUT2D eigenvalue weighted by atomic mass is 15.1. The average molecular weight is 434 g/mol. The molecule has 0 amide bonds. The second-order valence-electron chi connectivity index (χ2n) is 8.85. The van der Waals surface area contributed by atoms with E-state index in [-0.39, 0.29) is 0 Å². The average Bonchev–Trinajstić information content (AvgIpc) is 3.46. The van der Waals surface area contributed by atoms with Crippen molar-refractivity contribution in [2.75, 3.05) is 0 Å². The molecule has 3 heteroatoms. The predicted molar refractivity (Wildman–Crippen MR) is 142 cm³/mol. The number of aromatic nitrogens is 3. The molecule has 5 aromatic carbocycles. The summed E-state index contributed by atoms with van der Waals surface area (Å²) in [7, 11) is 0. The highest BCUT2D eigenvalue weighted by molar-refractivity contribution is 6.24. The predicted octanol–water partition coefficient (Wildman–Crippen LogP) is 7.89. The molecule has 0 atom stereocenters. The van der Waals surface area contributed by atoms with E-state index in [1.165, 1.54) is 43.5 Å². The number of benzene rings is 5. The third kappa shape index (κ3) is 2.18. The van der Waals surface area contributed by atoms with Gasteiger partial charge >= 0.3 is 0 Å². The van der Waals surface area contributed by atoms with E-state index in [4.69, 9.17) is 4.98 Å². The first-order valence-electron chi connectivity index (χ1n) is 11.6. The number of hydrogen-bond donors (Lipinski definition) is 0. The zero-order chi connectivity index (χ0) is 22.2. The number of hydrogen-bond acceptors (Lipinski definition) is 1. The molecule has 34 heavy (non-hydrogen) atoms. The fourth-order valence-corrected chi connectivity index (χ4v) is 5.68. The van der Waals surface area contributed by atoms with E-state index in [1.807, 2.05) is 0 Å². The Bertz CT molecular complexity index is 2060. The maximum absolute atomic E-state index is 5.11. The van der Waals surface area contributed by atoms with Crippen LogP contribution in [0.4, 0.5) is 0 Å². The van der Waals surface area contributed by atoms with Crippen molar-refractivity contribution < 1.29 is 0 Å². The maximum atomic E-state index is 5.11. The first-order chi connectivity index (χ1) is 16.9. The van der Waals surface area contributed by atoms with Crippen molar-refractivity contribution in [2.24, 2.45) is 0 Å². The Morgan fingerprint density at radius 3 is 1.88 bits per heavy atom. The molecule has 0 saturated heterocycles. The van der Waals surface area contributed by atoms with Crippen LogP contribution >= 0.6 is 0 Å². The van der Waals surface area contributed by atoms with Gasteiger partial charge in [-0.2, -0.15) is 0 Å². The third-order valence-electron chi connectivity index (χ3n) is 7.07. The molecule has 0 aliphatic carbocycles. The number of rotatable bonds is 1. The van der Waals surface area contributed by atoms with Gasteiger partial charge in [-0.3, -0.25) is 4.40 Å². The van der Waals surface area contributed by atoms with Crippen LogP contribution in [0.3, 0.4) is 0 Å². The molecule has 0 spiro atoms. The van der Waals surface area contributed by atoms with Crippen molar-refractivity contribution in [1.82, 2.24) is 14.0 Å². The lowest BCUT2D eigenvalue weighted by atomic mass is 10.0. The van der Waals surface area contributed by atoms with Crippen molar-refractivity contribution in [3.05, 3.63) is 115 Å². The molecule has 0 fully saturated rings. The zero-order valence-corrected chi connectivity index (χ0v) is 18.3. The summed E-state index contributed by atoms with van der Waals surface area (Å²) >= 11 is 0. The largest absolute Gasteiger partial charge is 0.307 e. The van der Waals surface area contributed by atoms with Crippen LogP contribution in [0.1, 0.15) is 0 Å². The lowest BCUT2D eigenvalue weighted by Crippen LogP contribution is -1.98. The van der Waals surface area contributed by atoms with Gasteiger partial charge in [0.15, 0.2) is 0 Å². The fraction of sp³-hybridized carbons (Fsp3) is 0. The second kappa shape index (κ2) is 6.46. The van der Waals surface area contributed by atoms with Crippen LogP contribution in [0, 0.1) is 0 Å². The van der Waals surface area contributed by atoms with Crippen LogP contribution in [-0.2, 0) is 0 Å². The van der Waals surface area contributed by atoms with E-state index in [9.17, 15) is 0 Å². The van der Waals surface area contributed by atoms with Crippen LogP contribution in [0.5, 0.6) is 0 Å². The molecule has 0 unspecified atom stereocenters. The number of para-hydroxylation sites is 4. The lowest BCUT2D eigenvalue weighted by molar-refractivity contribution is 1.18. The van der Waals surface area contributed by atoms with Gasteiger partial charge in [-0.1, -0.05) is 84.9 Å². The zero-order valence-electron chi connectivity index (χ0n) is 18.3. The van der Waals surface area contributed by atoms with E-state index < -0.39 is 0 Å². The summed E-state index contributed by atoms with van der Waals surface area (Å²) in [5.41, 5.74) is 7.92. The highest BCUT2D eigenvalue weighted by Crippen LogP contribution is 2.40. The molecule has 3 heterocycles. The number of nitrogens with zero attached hydrogens (tertiary/aromatic N) is 3. The van der Waals surface area contributed by atoms with Gasteiger partial charge < -0.3 is 4.57 Å². The topological polar surface area (TPSA) is 22.2 Å². The SMILES string of the molecule is c1ccc(-n2c3ccccc3c3ccc4c5ccccc5c5nc6ccccc6n5c4c32)cc1. The van der Waals surface area contributed by atoms with Gasteiger partial charge in [-0.15, -0.1) is 0 Å². The lowest BCUT2D eigenvalue weighted by Gasteiger charge is -2.13. The maximum Gasteiger partial charge on any atom is 0.146 e. The van der Waals surface area contributed by atoms with Gasteiger partial charge in [0.25, 0.3) is 0 Å². The Kier molecular flexibility index (Phi) is 3.39. The summed E-state index contributed by atoms with van der Waals surface area (Å²) < 4.78 is 4.78. The molecule has 0 aliphatic rings. The third-order valence-corrected chi connectivity index (χ3v) is 7.07. The Morgan fingerprint density at radius 1 is 0.441 bits per heavy atom. The van der Waals surface area contributed by atoms with Crippen molar-refractivity contribution in [1.29, 1.82) is 0 Å². The minimum atomic E-state index is 1.00. The summed E-state index contributed by atoms with van der Waals surface area (Å²) in [6, 6.07) is 41.0. The number of fused-ring (bicyclic) bond motifs is 12. The van der Waals surface area contributed by atoms with Crippen molar-refractivity contribution in [2.45, 2.75) is 0 Å². The van der Waals surface area contributed by atoms with E-state index >= 15 is 0 Å². The summed E-state index contributed by atoms with van der Waals surface area (Å²) in [6.45, 7) is 0. The Balaban J connectivity index is 1.78. The Hall–Kier alpha value is -4.63. The second-order valence-corrected chi connectivity index (χ2v) is 8.85. The molecule has 158 valence electrons. The molecule has 0 N–H and O–H groups in total. The molecule has 8 rings (SSSR count). The fourth-order valence-electron chi connectivity index (χ4n) is 5.68. The Labute approximate surface area is 195 Å². The normalized spacial score (nSPS) is 12.1. The van der Waals surface area contributed by atoms with Crippen LogP contribution < -0.4 is 0 Å². The summed E-state index contributed by atoms with van der Waals surface area (Å²) in [4.78, 5) is 5.11. The minimum absolute atomic E-state index is 1.00. The van der Waals surface area contributed by atoms with Gasteiger partial charge in [0.1, 0.15) is 5.65 Å². The molecule has 0 saturated carbocycles. The molecular weight excluding hydrogens is 414 g/mol. The summed E-state index contributed by atoms with van der Waals surface area (Å²) in [5.74, 6) is 0. The van der Waals surface area contributed by atoms with E-state index in [0.29, 0.717) is 0 Å². The van der Waals surface area contributed by atoms with E-state index in [2.05, 4.69) is 124 Å². The van der Waals surface area contributed by atoms with Crippen LogP contribution in [0.2, 0.25) is 0 Å². The quantitative estimate of drug-likeness (QED) is 0.241. The molecule has 0 radical (unpaired) electrons. The van der Waals surface area contributed by atoms with Crippen molar-refractivity contribution >= 4 is 60.2 Å².